The molecule has 0 radical (unpaired) electrons. The van der Waals surface area contributed by atoms with E-state index in [1.54, 1.807) is 0 Å². The Bertz CT molecular complexity index is 556. The highest BCUT2D eigenvalue weighted by atomic mass is 16.1. The summed E-state index contributed by atoms with van der Waals surface area (Å²) in [5, 5.41) is 0. The van der Waals surface area contributed by atoms with Gasteiger partial charge in [0, 0.05) is 19.3 Å². The monoisotopic (exact) mass is 682 g/mol. The molecule has 3 amide bonds. The fourth-order valence-corrected chi connectivity index (χ4v) is 5.89. The number of primary amides is 3. The predicted octanol–water partition coefficient (Wildman–Crippen LogP) is 12.5. The van der Waals surface area contributed by atoms with Gasteiger partial charge in [0.2, 0.25) is 17.7 Å². The molecule has 0 aromatic carbocycles. The number of hydrogen-bond acceptors (Lipinski definition) is 3. The summed E-state index contributed by atoms with van der Waals surface area (Å²) in [6.45, 7) is 6.77. The van der Waals surface area contributed by atoms with Gasteiger partial charge >= 0.3 is 0 Å². The van der Waals surface area contributed by atoms with Crippen LogP contribution < -0.4 is 17.2 Å². The molecule has 0 rings (SSSR count). The molecule has 0 aliphatic rings. The molecule has 0 heterocycles. The van der Waals surface area contributed by atoms with E-state index in [9.17, 15) is 14.4 Å². The van der Waals surface area contributed by atoms with Crippen molar-refractivity contribution in [3.8, 4) is 0 Å². The minimum atomic E-state index is -0.157. The first-order valence-electron chi connectivity index (χ1n) is 21.2. The summed E-state index contributed by atoms with van der Waals surface area (Å²) >= 11 is 0. The van der Waals surface area contributed by atoms with Crippen molar-refractivity contribution in [1.82, 2.24) is 0 Å². The average molecular weight is 682 g/mol. The number of carbonyl (C=O) groups excluding carboxylic acids is 3. The van der Waals surface area contributed by atoms with Crippen molar-refractivity contribution in [2.24, 2.45) is 17.2 Å². The average Bonchev–Trinajstić information content (AvgIpc) is 3.05. The number of nitrogens with two attached hydrogens (primary N) is 3. The molecule has 288 valence electrons. The van der Waals surface area contributed by atoms with Crippen LogP contribution in [-0.4, -0.2) is 17.7 Å². The van der Waals surface area contributed by atoms with Gasteiger partial charge < -0.3 is 17.2 Å². The first kappa shape index (κ1) is 50.8. The second-order valence-electron chi connectivity index (χ2n) is 14.3. The van der Waals surface area contributed by atoms with Gasteiger partial charge in [0.25, 0.3) is 0 Å². The van der Waals surface area contributed by atoms with E-state index in [1.807, 2.05) is 0 Å². The highest BCUT2D eigenvalue weighted by Gasteiger charge is 1.98. The number of rotatable bonds is 36. The molecule has 0 aliphatic carbocycles. The number of amides is 3. The maximum absolute atomic E-state index is 10.5. The van der Waals surface area contributed by atoms with Gasteiger partial charge in [-0.3, -0.25) is 14.4 Å². The van der Waals surface area contributed by atoms with E-state index in [4.69, 9.17) is 17.2 Å². The maximum atomic E-state index is 10.5. The van der Waals surface area contributed by atoms with E-state index in [0.29, 0.717) is 19.3 Å². The molecule has 6 heteroatoms. The largest absolute Gasteiger partial charge is 0.370 e. The third-order valence-electron chi connectivity index (χ3n) is 9.08. The molecule has 0 aliphatic heterocycles. The van der Waals surface area contributed by atoms with Crippen molar-refractivity contribution in [3.05, 3.63) is 0 Å². The van der Waals surface area contributed by atoms with Crippen LogP contribution in [0.25, 0.3) is 0 Å². The van der Waals surface area contributed by atoms with Gasteiger partial charge in [-0.15, -0.1) is 0 Å². The summed E-state index contributed by atoms with van der Waals surface area (Å²) < 4.78 is 0. The minimum absolute atomic E-state index is 0.157. The molecule has 0 fully saturated rings. The van der Waals surface area contributed by atoms with Crippen molar-refractivity contribution in [2.45, 2.75) is 252 Å². The Kier molecular flexibility index (Phi) is 50.3. The van der Waals surface area contributed by atoms with Crippen LogP contribution in [0.2, 0.25) is 0 Å². The molecule has 6 nitrogen and oxygen atoms in total. The van der Waals surface area contributed by atoms with Crippen LogP contribution in [-0.2, 0) is 14.4 Å². The summed E-state index contributed by atoms with van der Waals surface area (Å²) in [6, 6.07) is 0. The van der Waals surface area contributed by atoms with Crippen molar-refractivity contribution in [1.29, 1.82) is 0 Å². The summed E-state index contributed by atoms with van der Waals surface area (Å²) in [6.07, 6.45) is 45.0. The minimum Gasteiger partial charge on any atom is -0.370 e. The van der Waals surface area contributed by atoms with Crippen LogP contribution in [0.5, 0.6) is 0 Å². The van der Waals surface area contributed by atoms with Crippen LogP contribution in [0.15, 0.2) is 0 Å². The lowest BCUT2D eigenvalue weighted by atomic mass is 10.1. The first-order chi connectivity index (χ1) is 23.3. The predicted molar refractivity (Wildman–Crippen MR) is 211 cm³/mol. The quantitative estimate of drug-likeness (QED) is 0.0569. The smallest absolute Gasteiger partial charge is 0.217 e. The van der Waals surface area contributed by atoms with Crippen LogP contribution in [0.1, 0.15) is 252 Å². The summed E-state index contributed by atoms with van der Waals surface area (Å²) in [4.78, 5) is 31.4. The van der Waals surface area contributed by atoms with Gasteiger partial charge in [0.05, 0.1) is 0 Å². The normalized spacial score (nSPS) is 10.6. The maximum Gasteiger partial charge on any atom is 0.217 e. The molecule has 48 heavy (non-hydrogen) atoms. The zero-order valence-corrected chi connectivity index (χ0v) is 32.9. The standard InChI is InChI=1S/3C14H29NO/c3*1-2-3-4-5-6-7-8-9-10-11-12-13-14(15)16/h3*2-13H2,1H3,(H2,15,16). The van der Waals surface area contributed by atoms with Crippen LogP contribution in [0.4, 0.5) is 0 Å². The SMILES string of the molecule is CCCCCCCCCCCCCC(N)=O.CCCCCCCCCCCCCC(N)=O.CCCCCCCCCCCCCC(N)=O. The second-order valence-corrected chi connectivity index (χ2v) is 14.3. The molecule has 0 unspecified atom stereocenters. The molecular formula is C42H87N3O3. The Labute approximate surface area is 300 Å². The van der Waals surface area contributed by atoms with Crippen LogP contribution in [0.3, 0.4) is 0 Å². The lowest BCUT2D eigenvalue weighted by molar-refractivity contribution is -0.119. The molecule has 0 aromatic rings. The summed E-state index contributed by atoms with van der Waals surface area (Å²) in [7, 11) is 0. The Morgan fingerprint density at radius 3 is 0.500 bits per heavy atom. The fourth-order valence-electron chi connectivity index (χ4n) is 5.89. The highest BCUT2D eigenvalue weighted by molar-refractivity contribution is 5.74. The Hall–Kier alpha value is -1.59. The van der Waals surface area contributed by atoms with Crippen LogP contribution >= 0.6 is 0 Å². The van der Waals surface area contributed by atoms with E-state index in [2.05, 4.69) is 20.8 Å². The molecule has 0 aromatic heterocycles. The van der Waals surface area contributed by atoms with Gasteiger partial charge in [0.1, 0.15) is 0 Å². The van der Waals surface area contributed by atoms with Gasteiger partial charge in [0.15, 0.2) is 0 Å². The van der Waals surface area contributed by atoms with E-state index < -0.39 is 0 Å². The van der Waals surface area contributed by atoms with Gasteiger partial charge in [-0.05, 0) is 19.3 Å². The first-order valence-corrected chi connectivity index (χ1v) is 21.2. The van der Waals surface area contributed by atoms with Crippen molar-refractivity contribution >= 4 is 17.7 Å². The van der Waals surface area contributed by atoms with Gasteiger partial charge in [-0.2, -0.15) is 0 Å². The number of carbonyl (C=O) groups is 3. The molecule has 0 saturated heterocycles. The molecular weight excluding hydrogens is 594 g/mol. The van der Waals surface area contributed by atoms with Gasteiger partial charge in [-0.1, -0.05) is 213 Å². The highest BCUT2D eigenvalue weighted by Crippen LogP contribution is 2.14. The third-order valence-corrected chi connectivity index (χ3v) is 9.08. The second kappa shape index (κ2) is 47.5. The van der Waals surface area contributed by atoms with Gasteiger partial charge in [-0.25, -0.2) is 0 Å². The van der Waals surface area contributed by atoms with E-state index in [-0.39, 0.29) is 17.7 Å². The topological polar surface area (TPSA) is 129 Å². The lowest BCUT2D eigenvalue weighted by Crippen LogP contribution is -2.09. The third kappa shape index (κ3) is 59.8. The zero-order chi connectivity index (χ0) is 36.2. The Morgan fingerprint density at radius 2 is 0.375 bits per heavy atom. The van der Waals surface area contributed by atoms with Crippen molar-refractivity contribution in [3.63, 3.8) is 0 Å². The molecule has 0 atom stereocenters. The van der Waals surface area contributed by atoms with Crippen molar-refractivity contribution in [2.75, 3.05) is 0 Å². The lowest BCUT2D eigenvalue weighted by Gasteiger charge is -2.01. The molecule has 0 spiro atoms. The van der Waals surface area contributed by atoms with E-state index >= 15 is 0 Å². The summed E-state index contributed by atoms with van der Waals surface area (Å²) in [5.74, 6) is -0.470. The summed E-state index contributed by atoms with van der Waals surface area (Å²) in [5.41, 5.74) is 15.2. The van der Waals surface area contributed by atoms with E-state index in [0.717, 1.165) is 19.3 Å². The molecule has 0 bridgehead atoms. The molecule has 6 N–H and O–H groups in total. The Morgan fingerprint density at radius 1 is 0.250 bits per heavy atom. The number of hydrogen-bond donors (Lipinski definition) is 3. The Balaban J connectivity index is -0.000000633. The zero-order valence-electron chi connectivity index (χ0n) is 32.9. The molecule has 0 saturated carbocycles. The fraction of sp³-hybridized carbons (Fsp3) is 0.929. The van der Waals surface area contributed by atoms with Crippen LogP contribution in [0, 0.1) is 0 Å². The van der Waals surface area contributed by atoms with E-state index in [1.165, 1.54) is 193 Å². The number of unbranched alkanes of at least 4 members (excludes halogenated alkanes) is 30. The van der Waals surface area contributed by atoms with Crippen molar-refractivity contribution < 1.29 is 14.4 Å².